The fraction of sp³-hybridized carbons (Fsp3) is 0.0833. The van der Waals surface area contributed by atoms with Crippen molar-refractivity contribution < 1.29 is 9.53 Å². The molecule has 5 heteroatoms. The molecule has 0 saturated heterocycles. The number of carbonyl (C=O) groups excluding carboxylic acids is 1. The Bertz CT molecular complexity index is 1140. The lowest BCUT2D eigenvalue weighted by Gasteiger charge is -2.07. The van der Waals surface area contributed by atoms with Crippen LogP contribution in [-0.4, -0.2) is 17.1 Å². The number of rotatable bonds is 6. The number of aromatic nitrogens is 1. The fourth-order valence-electron chi connectivity index (χ4n) is 2.98. The molecule has 1 aromatic heterocycles. The summed E-state index contributed by atoms with van der Waals surface area (Å²) in [5.41, 5.74) is 7.34. The molecular weight excluding hydrogens is 362 g/mol. The Kier molecular flexibility index (Phi) is 5.38. The van der Waals surface area contributed by atoms with Crippen molar-refractivity contribution in [2.75, 3.05) is 0 Å². The standard InChI is InChI=1S/C24H21N3O2/c1-17-6-8-18(9-7-17)16-29-21-12-10-19(11-13-21)24(28)27-26-15-20-14-25-23-5-3-2-4-22(20)23/h2-15,25H,16H2,1H3,(H,27,28)/b26-15-. The van der Waals surface area contributed by atoms with Gasteiger partial charge in [-0.3, -0.25) is 4.79 Å². The highest BCUT2D eigenvalue weighted by Gasteiger charge is 2.05. The number of carbonyl (C=O) groups is 1. The van der Waals surface area contributed by atoms with Crippen molar-refractivity contribution in [2.24, 2.45) is 5.10 Å². The largest absolute Gasteiger partial charge is 0.489 e. The molecule has 1 amide bonds. The zero-order valence-electron chi connectivity index (χ0n) is 16.1. The van der Waals surface area contributed by atoms with Crippen molar-refractivity contribution in [3.63, 3.8) is 0 Å². The summed E-state index contributed by atoms with van der Waals surface area (Å²) in [5.74, 6) is 0.440. The maximum atomic E-state index is 12.3. The maximum absolute atomic E-state index is 12.3. The van der Waals surface area contributed by atoms with E-state index in [1.54, 1.807) is 30.5 Å². The summed E-state index contributed by atoms with van der Waals surface area (Å²) in [6.07, 6.45) is 3.50. The van der Waals surface area contributed by atoms with Crippen LogP contribution < -0.4 is 10.2 Å². The molecule has 29 heavy (non-hydrogen) atoms. The molecule has 0 aliphatic heterocycles. The number of nitrogens with zero attached hydrogens (tertiary/aromatic N) is 1. The topological polar surface area (TPSA) is 66.5 Å². The molecule has 4 rings (SSSR count). The van der Waals surface area contributed by atoms with Crippen molar-refractivity contribution in [1.82, 2.24) is 10.4 Å². The monoisotopic (exact) mass is 383 g/mol. The zero-order chi connectivity index (χ0) is 20.1. The van der Waals surface area contributed by atoms with Crippen LogP contribution in [0.2, 0.25) is 0 Å². The molecule has 0 saturated carbocycles. The highest BCUT2D eigenvalue weighted by atomic mass is 16.5. The molecule has 5 nitrogen and oxygen atoms in total. The van der Waals surface area contributed by atoms with Gasteiger partial charge in [-0.2, -0.15) is 5.10 Å². The second-order valence-corrected chi connectivity index (χ2v) is 6.79. The minimum absolute atomic E-state index is 0.272. The summed E-state index contributed by atoms with van der Waals surface area (Å²) in [4.78, 5) is 15.5. The number of H-pyrrole nitrogens is 1. The predicted octanol–water partition coefficient (Wildman–Crippen LogP) is 4.82. The van der Waals surface area contributed by atoms with Crippen LogP contribution in [0, 0.1) is 6.92 Å². The van der Waals surface area contributed by atoms with Gasteiger partial charge >= 0.3 is 0 Å². The Labute approximate surface area is 169 Å². The average Bonchev–Trinajstić information content (AvgIpc) is 3.17. The molecule has 0 radical (unpaired) electrons. The lowest BCUT2D eigenvalue weighted by atomic mass is 10.2. The molecule has 1 heterocycles. The summed E-state index contributed by atoms with van der Waals surface area (Å²) < 4.78 is 5.77. The fourth-order valence-corrected chi connectivity index (χ4v) is 2.98. The van der Waals surface area contributed by atoms with Crippen LogP contribution in [-0.2, 0) is 6.61 Å². The van der Waals surface area contributed by atoms with Crippen molar-refractivity contribution in [3.8, 4) is 5.75 Å². The van der Waals surface area contributed by atoms with Gasteiger partial charge in [0, 0.05) is 28.2 Å². The van der Waals surface area contributed by atoms with Crippen LogP contribution >= 0.6 is 0 Å². The average molecular weight is 383 g/mol. The van der Waals surface area contributed by atoms with Gasteiger partial charge in [-0.1, -0.05) is 48.0 Å². The number of amides is 1. The van der Waals surface area contributed by atoms with Gasteiger partial charge in [-0.05, 0) is 42.8 Å². The van der Waals surface area contributed by atoms with E-state index < -0.39 is 0 Å². The van der Waals surface area contributed by atoms with Gasteiger partial charge in [0.1, 0.15) is 12.4 Å². The third-order valence-electron chi connectivity index (χ3n) is 4.63. The maximum Gasteiger partial charge on any atom is 0.271 e. The van der Waals surface area contributed by atoms with E-state index in [9.17, 15) is 4.79 Å². The zero-order valence-corrected chi connectivity index (χ0v) is 16.1. The molecule has 144 valence electrons. The number of aromatic amines is 1. The van der Waals surface area contributed by atoms with E-state index in [2.05, 4.69) is 34.6 Å². The number of benzene rings is 3. The molecule has 0 aliphatic rings. The SMILES string of the molecule is Cc1ccc(COc2ccc(C(=O)N/N=C\c3c[nH]c4ccccc34)cc2)cc1. The van der Waals surface area contributed by atoms with Crippen molar-refractivity contribution in [3.05, 3.63) is 101 Å². The first-order valence-electron chi connectivity index (χ1n) is 9.37. The Hall–Kier alpha value is -3.86. The quantitative estimate of drug-likeness (QED) is 0.370. The minimum atomic E-state index is -0.272. The molecule has 0 fully saturated rings. The number of para-hydroxylation sites is 1. The highest BCUT2D eigenvalue weighted by molar-refractivity contribution is 6.00. The van der Waals surface area contributed by atoms with Crippen molar-refractivity contribution in [1.29, 1.82) is 0 Å². The molecular formula is C24H21N3O2. The molecule has 0 unspecified atom stereocenters. The van der Waals surface area contributed by atoms with E-state index in [1.165, 1.54) is 5.56 Å². The summed E-state index contributed by atoms with van der Waals surface area (Å²) in [5, 5.41) is 5.13. The minimum Gasteiger partial charge on any atom is -0.489 e. The Morgan fingerprint density at radius 1 is 1.03 bits per heavy atom. The Balaban J connectivity index is 1.33. The summed E-state index contributed by atoms with van der Waals surface area (Å²) in [6, 6.07) is 23.2. The summed E-state index contributed by atoms with van der Waals surface area (Å²) in [7, 11) is 0. The molecule has 4 aromatic rings. The lowest BCUT2D eigenvalue weighted by molar-refractivity contribution is 0.0955. The van der Waals surface area contributed by atoms with Crippen LogP contribution in [0.25, 0.3) is 10.9 Å². The first kappa shape index (κ1) is 18.5. The number of hydrazone groups is 1. The highest BCUT2D eigenvalue weighted by Crippen LogP contribution is 2.16. The molecule has 3 aromatic carbocycles. The third kappa shape index (κ3) is 4.52. The van der Waals surface area contributed by atoms with Gasteiger partial charge in [0.15, 0.2) is 0 Å². The van der Waals surface area contributed by atoms with E-state index in [1.807, 2.05) is 42.6 Å². The lowest BCUT2D eigenvalue weighted by Crippen LogP contribution is -2.17. The molecule has 0 spiro atoms. The Morgan fingerprint density at radius 2 is 1.79 bits per heavy atom. The smallest absolute Gasteiger partial charge is 0.271 e. The van der Waals surface area contributed by atoms with E-state index >= 15 is 0 Å². The summed E-state index contributed by atoms with van der Waals surface area (Å²) >= 11 is 0. The van der Waals surface area contributed by atoms with E-state index in [-0.39, 0.29) is 5.91 Å². The molecule has 0 atom stereocenters. The van der Waals surface area contributed by atoms with Crippen LogP contribution in [0.15, 0.2) is 84.1 Å². The normalized spacial score (nSPS) is 11.1. The number of hydrogen-bond acceptors (Lipinski definition) is 3. The van der Waals surface area contributed by atoms with Crippen molar-refractivity contribution in [2.45, 2.75) is 13.5 Å². The van der Waals surface area contributed by atoms with Gasteiger partial charge in [0.2, 0.25) is 0 Å². The van der Waals surface area contributed by atoms with E-state index in [4.69, 9.17) is 4.74 Å². The number of aryl methyl sites for hydroxylation is 1. The second-order valence-electron chi connectivity index (χ2n) is 6.79. The first-order valence-corrected chi connectivity index (χ1v) is 9.37. The number of hydrogen-bond donors (Lipinski definition) is 2. The Morgan fingerprint density at radius 3 is 2.59 bits per heavy atom. The van der Waals surface area contributed by atoms with Crippen LogP contribution in [0.3, 0.4) is 0 Å². The van der Waals surface area contributed by atoms with Gasteiger partial charge in [-0.15, -0.1) is 0 Å². The van der Waals surface area contributed by atoms with Gasteiger partial charge in [-0.25, -0.2) is 5.43 Å². The van der Waals surface area contributed by atoms with Gasteiger partial charge < -0.3 is 9.72 Å². The molecule has 2 N–H and O–H groups in total. The third-order valence-corrected chi connectivity index (χ3v) is 4.63. The second kappa shape index (κ2) is 8.44. The van der Waals surface area contributed by atoms with E-state index in [0.717, 1.165) is 22.0 Å². The van der Waals surface area contributed by atoms with Crippen LogP contribution in [0.1, 0.15) is 27.0 Å². The number of ether oxygens (including phenoxy) is 1. The number of fused-ring (bicyclic) bond motifs is 1. The van der Waals surface area contributed by atoms with Crippen LogP contribution in [0.5, 0.6) is 5.75 Å². The van der Waals surface area contributed by atoms with Gasteiger partial charge in [0.05, 0.1) is 6.21 Å². The summed E-state index contributed by atoms with van der Waals surface area (Å²) in [6.45, 7) is 2.54. The van der Waals surface area contributed by atoms with Gasteiger partial charge in [0.25, 0.3) is 5.91 Å². The van der Waals surface area contributed by atoms with E-state index in [0.29, 0.717) is 17.9 Å². The predicted molar refractivity (Wildman–Crippen MR) is 115 cm³/mol. The number of nitrogens with one attached hydrogen (secondary N) is 2. The molecule has 0 aliphatic carbocycles. The molecule has 0 bridgehead atoms. The first-order chi connectivity index (χ1) is 14.2. The van der Waals surface area contributed by atoms with Crippen molar-refractivity contribution >= 4 is 23.0 Å². The van der Waals surface area contributed by atoms with Crippen LogP contribution in [0.4, 0.5) is 0 Å².